The Hall–Kier alpha value is -0.510. The first-order valence-electron chi connectivity index (χ1n) is 4.29. The smallest absolute Gasteiger partial charge is 0.314 e. The van der Waals surface area contributed by atoms with Crippen LogP contribution in [0, 0.1) is 0 Å². The van der Waals surface area contributed by atoms with Crippen LogP contribution in [-0.2, 0) is 0 Å². The van der Waals surface area contributed by atoms with E-state index in [1.165, 1.54) is 0 Å². The standard InChI is InChI=1S/C9H16F3N/c1-4-13-8(5-7(2)3)6-9(10,11)12/h8,13H,2,4-6H2,1,3H3. The van der Waals surface area contributed by atoms with Crippen LogP contribution in [-0.4, -0.2) is 18.8 Å². The van der Waals surface area contributed by atoms with Crippen molar-refractivity contribution >= 4 is 0 Å². The largest absolute Gasteiger partial charge is 0.390 e. The highest BCUT2D eigenvalue weighted by molar-refractivity contribution is 4.93. The van der Waals surface area contributed by atoms with Gasteiger partial charge in [-0.25, -0.2) is 0 Å². The van der Waals surface area contributed by atoms with Crippen molar-refractivity contribution in [2.75, 3.05) is 6.54 Å². The molecule has 0 amide bonds. The van der Waals surface area contributed by atoms with E-state index in [0.29, 0.717) is 13.0 Å². The van der Waals surface area contributed by atoms with Crippen molar-refractivity contribution in [1.82, 2.24) is 5.32 Å². The fourth-order valence-electron chi connectivity index (χ4n) is 1.21. The summed E-state index contributed by atoms with van der Waals surface area (Å²) in [6.07, 6.45) is -4.50. The molecule has 0 rings (SSSR count). The second kappa shape index (κ2) is 5.27. The van der Waals surface area contributed by atoms with Crippen molar-refractivity contribution in [3.63, 3.8) is 0 Å². The average Bonchev–Trinajstić information content (AvgIpc) is 1.81. The van der Waals surface area contributed by atoms with E-state index in [-0.39, 0.29) is 0 Å². The van der Waals surface area contributed by atoms with Crippen LogP contribution in [0.25, 0.3) is 0 Å². The number of alkyl halides is 3. The van der Waals surface area contributed by atoms with Crippen LogP contribution < -0.4 is 5.32 Å². The molecule has 13 heavy (non-hydrogen) atoms. The zero-order chi connectivity index (χ0) is 10.5. The number of nitrogens with one attached hydrogen (secondary N) is 1. The molecule has 0 aromatic carbocycles. The Kier molecular flexibility index (Phi) is 5.06. The van der Waals surface area contributed by atoms with Crippen LogP contribution in [0.5, 0.6) is 0 Å². The Morgan fingerprint density at radius 2 is 2.00 bits per heavy atom. The van der Waals surface area contributed by atoms with Crippen molar-refractivity contribution in [3.8, 4) is 0 Å². The molecule has 0 aliphatic carbocycles. The first-order chi connectivity index (χ1) is 5.85. The van der Waals surface area contributed by atoms with Crippen LogP contribution in [0.4, 0.5) is 13.2 Å². The highest BCUT2D eigenvalue weighted by Crippen LogP contribution is 2.23. The van der Waals surface area contributed by atoms with Gasteiger partial charge in [-0.2, -0.15) is 13.2 Å². The minimum atomic E-state index is -4.09. The topological polar surface area (TPSA) is 12.0 Å². The van der Waals surface area contributed by atoms with Crippen LogP contribution in [0.15, 0.2) is 12.2 Å². The van der Waals surface area contributed by atoms with Gasteiger partial charge in [0.2, 0.25) is 0 Å². The van der Waals surface area contributed by atoms with E-state index in [1.807, 2.05) is 0 Å². The molecule has 0 saturated heterocycles. The third-order valence-corrected chi connectivity index (χ3v) is 1.57. The summed E-state index contributed by atoms with van der Waals surface area (Å²) >= 11 is 0. The van der Waals surface area contributed by atoms with Gasteiger partial charge in [0.25, 0.3) is 0 Å². The number of halogens is 3. The zero-order valence-electron chi connectivity index (χ0n) is 8.04. The fraction of sp³-hybridized carbons (Fsp3) is 0.778. The SMILES string of the molecule is C=C(C)CC(CC(F)(F)F)NCC. The molecule has 78 valence electrons. The molecule has 0 radical (unpaired) electrons. The molecule has 0 heterocycles. The Morgan fingerprint density at radius 1 is 1.46 bits per heavy atom. The quantitative estimate of drug-likeness (QED) is 0.665. The van der Waals surface area contributed by atoms with Gasteiger partial charge < -0.3 is 5.32 Å². The van der Waals surface area contributed by atoms with E-state index in [1.54, 1.807) is 13.8 Å². The second-order valence-corrected chi connectivity index (χ2v) is 3.24. The second-order valence-electron chi connectivity index (χ2n) is 3.24. The predicted molar refractivity (Wildman–Crippen MR) is 47.6 cm³/mol. The molecular weight excluding hydrogens is 179 g/mol. The molecule has 0 aromatic heterocycles. The molecule has 0 spiro atoms. The molecule has 0 aliphatic heterocycles. The van der Waals surface area contributed by atoms with Gasteiger partial charge >= 0.3 is 6.18 Å². The predicted octanol–water partition coefficient (Wildman–Crippen LogP) is 2.88. The monoisotopic (exact) mass is 195 g/mol. The van der Waals surface area contributed by atoms with Gasteiger partial charge in [-0.15, -0.1) is 6.58 Å². The first-order valence-corrected chi connectivity index (χ1v) is 4.29. The number of hydrogen-bond donors (Lipinski definition) is 1. The lowest BCUT2D eigenvalue weighted by atomic mass is 10.1. The molecule has 4 heteroatoms. The maximum absolute atomic E-state index is 12.0. The summed E-state index contributed by atoms with van der Waals surface area (Å²) in [7, 11) is 0. The third kappa shape index (κ3) is 7.84. The van der Waals surface area contributed by atoms with E-state index >= 15 is 0 Å². The van der Waals surface area contributed by atoms with E-state index < -0.39 is 18.6 Å². The first kappa shape index (κ1) is 12.5. The normalized spacial score (nSPS) is 14.2. The maximum Gasteiger partial charge on any atom is 0.390 e. The van der Waals surface area contributed by atoms with Gasteiger partial charge in [0.15, 0.2) is 0 Å². The van der Waals surface area contributed by atoms with Crippen molar-refractivity contribution in [3.05, 3.63) is 12.2 Å². The van der Waals surface area contributed by atoms with Crippen LogP contribution >= 0.6 is 0 Å². The third-order valence-electron chi connectivity index (χ3n) is 1.57. The van der Waals surface area contributed by atoms with Crippen LogP contribution in [0.3, 0.4) is 0 Å². The van der Waals surface area contributed by atoms with Crippen molar-refractivity contribution < 1.29 is 13.2 Å². The summed E-state index contributed by atoms with van der Waals surface area (Å²) in [5.41, 5.74) is 0.773. The summed E-state index contributed by atoms with van der Waals surface area (Å²) in [6.45, 7) is 7.68. The lowest BCUT2D eigenvalue weighted by Gasteiger charge is -2.19. The van der Waals surface area contributed by atoms with Crippen molar-refractivity contribution in [2.45, 2.75) is 38.9 Å². The van der Waals surface area contributed by atoms with Gasteiger partial charge in [-0.1, -0.05) is 12.5 Å². The minimum Gasteiger partial charge on any atom is -0.314 e. The molecular formula is C9H16F3N. The van der Waals surface area contributed by atoms with E-state index in [2.05, 4.69) is 11.9 Å². The van der Waals surface area contributed by atoms with E-state index in [4.69, 9.17) is 0 Å². The highest BCUT2D eigenvalue weighted by Gasteiger charge is 2.31. The summed E-state index contributed by atoms with van der Waals surface area (Å²) in [5.74, 6) is 0. The molecule has 0 aliphatic rings. The van der Waals surface area contributed by atoms with Gasteiger partial charge in [-0.3, -0.25) is 0 Å². The fourth-order valence-corrected chi connectivity index (χ4v) is 1.21. The summed E-state index contributed by atoms with van der Waals surface area (Å²) < 4.78 is 36.0. The highest BCUT2D eigenvalue weighted by atomic mass is 19.4. The molecule has 0 aromatic rings. The van der Waals surface area contributed by atoms with Crippen molar-refractivity contribution in [2.24, 2.45) is 0 Å². The summed E-state index contributed by atoms with van der Waals surface area (Å²) in [6, 6.07) is -0.525. The van der Waals surface area contributed by atoms with Gasteiger partial charge in [0.05, 0.1) is 6.42 Å². The molecule has 1 N–H and O–H groups in total. The molecule has 0 bridgehead atoms. The Labute approximate surface area is 77.0 Å². The minimum absolute atomic E-state index is 0.382. The lowest BCUT2D eigenvalue weighted by Crippen LogP contribution is -2.33. The molecule has 0 fully saturated rings. The van der Waals surface area contributed by atoms with Gasteiger partial charge in [0.1, 0.15) is 0 Å². The zero-order valence-corrected chi connectivity index (χ0v) is 8.04. The van der Waals surface area contributed by atoms with Crippen molar-refractivity contribution in [1.29, 1.82) is 0 Å². The van der Waals surface area contributed by atoms with E-state index in [9.17, 15) is 13.2 Å². The molecule has 1 nitrogen and oxygen atoms in total. The number of hydrogen-bond acceptors (Lipinski definition) is 1. The van der Waals surface area contributed by atoms with Gasteiger partial charge in [0, 0.05) is 6.04 Å². The van der Waals surface area contributed by atoms with E-state index in [0.717, 1.165) is 5.57 Å². The van der Waals surface area contributed by atoms with Crippen LogP contribution in [0.1, 0.15) is 26.7 Å². The lowest BCUT2D eigenvalue weighted by molar-refractivity contribution is -0.139. The summed E-state index contributed by atoms with van der Waals surface area (Å²) in [5, 5.41) is 2.79. The molecule has 1 atom stereocenters. The average molecular weight is 195 g/mol. The number of rotatable bonds is 5. The molecule has 0 saturated carbocycles. The Morgan fingerprint density at radius 3 is 2.31 bits per heavy atom. The molecule has 1 unspecified atom stereocenters. The van der Waals surface area contributed by atoms with Crippen LogP contribution in [0.2, 0.25) is 0 Å². The Bertz CT molecular complexity index is 163. The van der Waals surface area contributed by atoms with Gasteiger partial charge in [-0.05, 0) is 19.9 Å². The Balaban J connectivity index is 4.01. The maximum atomic E-state index is 12.0. The summed E-state index contributed by atoms with van der Waals surface area (Å²) in [4.78, 5) is 0.